The van der Waals surface area contributed by atoms with Gasteiger partial charge in [-0.3, -0.25) is 0 Å². The number of rotatable bonds is 12. The molecular formula is C93H84Cl2Zr-2. The average Bonchev–Trinajstić information content (AvgIpc) is 1.11. The maximum absolute atomic E-state index is 4.42. The Bertz CT molecular complexity index is 4400. The van der Waals surface area contributed by atoms with Crippen LogP contribution in [0.1, 0.15) is 131 Å². The Morgan fingerprint density at radius 1 is 0.427 bits per heavy atom. The monoisotopic (exact) mass is 1360 g/mol. The summed E-state index contributed by atoms with van der Waals surface area (Å²) in [7, 11) is 0. The number of fused-ring (bicyclic) bond motifs is 3. The van der Waals surface area contributed by atoms with Crippen molar-refractivity contribution in [3.8, 4) is 77.9 Å². The second kappa shape index (κ2) is 30.2. The summed E-state index contributed by atoms with van der Waals surface area (Å²) in [6.07, 6.45) is 23.1. The van der Waals surface area contributed by atoms with E-state index in [1.165, 1.54) is 172 Å². The van der Waals surface area contributed by atoms with Gasteiger partial charge in [0.25, 0.3) is 0 Å². The molecule has 476 valence electrons. The minimum atomic E-state index is 0. The Morgan fingerprint density at radius 3 is 1.18 bits per heavy atom. The largest absolute Gasteiger partial charge is 1.00 e. The van der Waals surface area contributed by atoms with E-state index in [2.05, 4.69) is 337 Å². The van der Waals surface area contributed by atoms with Crippen LogP contribution >= 0.6 is 0 Å². The number of allylic oxidation sites excluding steroid dienone is 8. The van der Waals surface area contributed by atoms with Crippen molar-refractivity contribution in [1.82, 2.24) is 0 Å². The number of benzene rings is 10. The fourth-order valence-electron chi connectivity index (χ4n) is 13.8. The smallest absolute Gasteiger partial charge is 0.0126 e. The molecule has 11 aromatic carbocycles. The molecule has 0 amide bonds. The maximum atomic E-state index is 4.42. The van der Waals surface area contributed by atoms with Crippen LogP contribution in [0.2, 0.25) is 0 Å². The SMILES string of the molecule is C=Cc1cc(-c2ccc(C)cc2)c([C](=[Zr+2])c2c(-c3ccc(C)cc3)cc(C=C)c(C3C=CC=C3)c2-c2ccc(C)cc2)c(-c2ccc(C)cc2)c1C1C=CC=C1.CC(C)(C)c1cc2c([c-]c1-c1ccccc1)Cc1cc(-c3ccccc3)c(C(C)(C)C)cc1-2.[Cl-].[Cl-].c1cc[cH-]c1. The van der Waals surface area contributed by atoms with Crippen molar-refractivity contribution >= 4 is 15.4 Å². The molecule has 96 heavy (non-hydrogen) atoms. The topological polar surface area (TPSA) is 0 Å². The first-order valence-corrected chi connectivity index (χ1v) is 34.4. The van der Waals surface area contributed by atoms with E-state index in [1.807, 2.05) is 30.3 Å². The normalized spacial score (nSPS) is 12.8. The molecule has 3 aliphatic carbocycles. The molecule has 0 bridgehead atoms. The van der Waals surface area contributed by atoms with Crippen molar-refractivity contribution in [3.63, 3.8) is 0 Å². The second-order valence-corrected chi connectivity index (χ2v) is 28.8. The van der Waals surface area contributed by atoms with E-state index in [0.29, 0.717) is 0 Å². The molecule has 0 unspecified atom stereocenters. The predicted octanol–water partition coefficient (Wildman–Crippen LogP) is 18.8. The molecule has 0 N–H and O–H groups in total. The molecule has 0 aliphatic heterocycles. The van der Waals surface area contributed by atoms with Crippen LogP contribution in [0.5, 0.6) is 0 Å². The number of halogens is 2. The van der Waals surface area contributed by atoms with Gasteiger partial charge in [-0.15, -0.1) is 28.8 Å². The van der Waals surface area contributed by atoms with Crippen molar-refractivity contribution in [2.24, 2.45) is 0 Å². The summed E-state index contributed by atoms with van der Waals surface area (Å²) in [4.78, 5) is 0. The minimum Gasteiger partial charge on any atom is -1.00 e. The van der Waals surface area contributed by atoms with Crippen LogP contribution in [-0.4, -0.2) is 3.21 Å². The third-order valence-corrected chi connectivity index (χ3v) is 19.9. The summed E-state index contributed by atoms with van der Waals surface area (Å²) in [6, 6.07) is 84.0. The van der Waals surface area contributed by atoms with Crippen molar-refractivity contribution in [2.45, 2.75) is 98.3 Å². The van der Waals surface area contributed by atoms with E-state index < -0.39 is 0 Å². The van der Waals surface area contributed by atoms with Gasteiger partial charge in [-0.1, -0.05) is 131 Å². The summed E-state index contributed by atoms with van der Waals surface area (Å²) in [5, 5.41) is 0. The number of hydrogen-bond donors (Lipinski definition) is 0. The Labute approximate surface area is 599 Å². The van der Waals surface area contributed by atoms with E-state index >= 15 is 0 Å². The van der Waals surface area contributed by atoms with Gasteiger partial charge in [-0.05, 0) is 39.5 Å². The van der Waals surface area contributed by atoms with Crippen LogP contribution in [0.4, 0.5) is 0 Å². The standard InChI is InChI=1S/C55H46.C33H33.C5H5.2ClH.Zr/c1-7-40-33-48(42-25-17-36(3)18-26-42)50(54(46-29-21-38(5)22-30-46)52(40)44-13-9-10-14-44)35-51-49(43-27-19-37(4)20-28-43)34-41(8-2)53(45-15-11-12-16-45)55(51)47-31-23-39(6)24-32-47;1-32(2,3)30-20-26-24(18-28(30)22-13-9-7-10-14-22)17-25-19-29(23-15-11-8-12-16-23)31(21-27(25)26)33(4,5)6;1-2-4-5-3-1;;;/h7-34,44-45H,1-2H2,3-6H3;7-16,18,20-21H,17H2,1-6H3;1-5H;2*1H;/q;2*-1;;;+2/p-2. The van der Waals surface area contributed by atoms with Gasteiger partial charge in [-0.25, -0.2) is 12.1 Å². The van der Waals surface area contributed by atoms with Crippen LogP contribution in [0.3, 0.4) is 0 Å². The molecule has 14 rings (SSSR count). The van der Waals surface area contributed by atoms with Gasteiger partial charge in [-0.2, -0.15) is 18.2 Å². The molecule has 0 fully saturated rings. The first kappa shape index (κ1) is 70.1. The van der Waals surface area contributed by atoms with E-state index in [-0.39, 0.29) is 47.5 Å². The predicted molar refractivity (Wildman–Crippen MR) is 403 cm³/mol. The van der Waals surface area contributed by atoms with Crippen molar-refractivity contribution in [3.05, 3.63) is 364 Å². The molecule has 0 aromatic heterocycles. The van der Waals surface area contributed by atoms with Crippen molar-refractivity contribution in [1.29, 1.82) is 0 Å². The van der Waals surface area contributed by atoms with Crippen molar-refractivity contribution < 1.29 is 49.0 Å². The molecule has 0 atom stereocenters. The Morgan fingerprint density at radius 2 is 0.802 bits per heavy atom. The zero-order valence-electron chi connectivity index (χ0n) is 57.1. The van der Waals surface area contributed by atoms with Gasteiger partial charge in [0, 0.05) is 0 Å². The molecule has 11 aromatic rings. The zero-order valence-corrected chi connectivity index (χ0v) is 61.1. The molecular weight excluding hydrogens is 1280 g/mol. The van der Waals surface area contributed by atoms with E-state index in [1.54, 1.807) is 0 Å². The summed E-state index contributed by atoms with van der Waals surface area (Å²) < 4.78 is 1.32. The Kier molecular flexibility index (Phi) is 22.0. The van der Waals surface area contributed by atoms with Gasteiger partial charge < -0.3 is 24.8 Å². The first-order chi connectivity index (χ1) is 45.4. The molecule has 0 radical (unpaired) electrons. The third-order valence-electron chi connectivity index (χ3n) is 18.7. The molecule has 0 saturated carbocycles. The van der Waals surface area contributed by atoms with Crippen molar-refractivity contribution in [2.75, 3.05) is 0 Å². The fraction of sp³-hybridized carbons (Fsp3) is 0.161. The number of hydrogen-bond acceptors (Lipinski definition) is 0. The molecule has 3 aliphatic rings. The zero-order chi connectivity index (χ0) is 65.8. The van der Waals surface area contributed by atoms with Gasteiger partial charge in [0.2, 0.25) is 0 Å². The number of aryl methyl sites for hydroxylation is 4. The van der Waals surface area contributed by atoms with Gasteiger partial charge in [0.15, 0.2) is 0 Å². The first-order valence-electron chi connectivity index (χ1n) is 33.2. The van der Waals surface area contributed by atoms with E-state index in [9.17, 15) is 0 Å². The van der Waals surface area contributed by atoms with Crippen LogP contribution in [0.15, 0.2) is 280 Å². The van der Waals surface area contributed by atoms with Gasteiger partial charge in [0.05, 0.1) is 0 Å². The Balaban J connectivity index is 0.000000212. The molecule has 0 saturated heterocycles. The summed E-state index contributed by atoms with van der Waals surface area (Å²) in [5.74, 6) is 0.239. The third kappa shape index (κ3) is 14.8. The van der Waals surface area contributed by atoms with Crippen LogP contribution in [0.25, 0.3) is 90.0 Å². The van der Waals surface area contributed by atoms with Gasteiger partial charge >= 0.3 is 350 Å². The summed E-state index contributed by atoms with van der Waals surface area (Å²) in [6.45, 7) is 31.4. The van der Waals surface area contributed by atoms with Crippen LogP contribution < -0.4 is 24.8 Å². The molecule has 3 heteroatoms. The molecule has 0 heterocycles. The van der Waals surface area contributed by atoms with Crippen LogP contribution in [0, 0.1) is 33.8 Å². The maximum Gasteiger partial charge on any atom is -0.0126 e. The Hall–Kier alpha value is -8.68. The van der Waals surface area contributed by atoms with E-state index in [4.69, 9.17) is 0 Å². The summed E-state index contributed by atoms with van der Waals surface area (Å²) in [5.41, 5.74) is 35.7. The summed E-state index contributed by atoms with van der Waals surface area (Å²) >= 11 is 1.33. The van der Waals surface area contributed by atoms with E-state index in [0.717, 1.165) is 17.5 Å². The van der Waals surface area contributed by atoms with Gasteiger partial charge in [0.1, 0.15) is 0 Å². The molecule has 0 spiro atoms. The second-order valence-electron chi connectivity index (χ2n) is 27.6. The fourth-order valence-corrected chi connectivity index (χ4v) is 15.0. The quantitative estimate of drug-likeness (QED) is 0.107. The average molecular weight is 1360 g/mol. The van der Waals surface area contributed by atoms with Crippen LogP contribution in [-0.2, 0) is 41.5 Å². The minimum absolute atomic E-state index is 0. The molecule has 0 nitrogen and oxygen atoms in total.